The molecule has 1 atom stereocenters. The number of methoxy groups -OCH3 is 1. The Bertz CT molecular complexity index is 1580. The highest BCUT2D eigenvalue weighted by Gasteiger charge is 2.35. The first kappa shape index (κ1) is 32.2. The normalized spacial score (nSPS) is 12.8. The van der Waals surface area contributed by atoms with Gasteiger partial charge in [-0.3, -0.25) is 9.78 Å². The summed E-state index contributed by atoms with van der Waals surface area (Å²) in [4.78, 5) is 16.5. The highest BCUT2D eigenvalue weighted by atomic mass is 32.2. The van der Waals surface area contributed by atoms with Gasteiger partial charge in [-0.2, -0.15) is 13.2 Å². The first-order chi connectivity index (χ1) is 20.3. The summed E-state index contributed by atoms with van der Waals surface area (Å²) in [5.74, 6) is 0.378. The average molecular weight is 619 g/mol. The van der Waals surface area contributed by atoms with Crippen LogP contribution in [0.5, 0.6) is 11.5 Å². The van der Waals surface area contributed by atoms with Crippen LogP contribution in [0, 0.1) is 0 Å². The van der Waals surface area contributed by atoms with Gasteiger partial charge in [-0.1, -0.05) is 6.07 Å². The minimum atomic E-state index is -4.65. The Morgan fingerprint density at radius 1 is 1.12 bits per heavy atom. The summed E-state index contributed by atoms with van der Waals surface area (Å²) in [7, 11) is 1.49. The summed E-state index contributed by atoms with van der Waals surface area (Å²) in [5, 5.41) is -0.119. The monoisotopic (exact) mass is 618 g/mol. The molecule has 2 heterocycles. The van der Waals surface area contributed by atoms with Crippen LogP contribution in [0.15, 0.2) is 59.3 Å². The van der Waals surface area contributed by atoms with Crippen molar-refractivity contribution in [1.29, 1.82) is 0 Å². The molecule has 43 heavy (non-hydrogen) atoms. The van der Waals surface area contributed by atoms with E-state index < -0.39 is 33.8 Å². The maximum Gasteiger partial charge on any atom is 0.420 e. The van der Waals surface area contributed by atoms with Crippen LogP contribution in [0.1, 0.15) is 50.1 Å². The molecule has 230 valence electrons. The molecule has 4 rings (SSSR count). The van der Waals surface area contributed by atoms with Crippen LogP contribution in [0.4, 0.5) is 13.2 Å². The number of esters is 1. The number of furan rings is 1. The maximum absolute atomic E-state index is 13.9. The van der Waals surface area contributed by atoms with E-state index in [1.54, 1.807) is 43.3 Å². The lowest BCUT2D eigenvalue weighted by molar-refractivity contribution is -0.142. The molecular weight excluding hydrogens is 585 g/mol. The third kappa shape index (κ3) is 8.01. The smallest absolute Gasteiger partial charge is 0.420 e. The first-order valence-corrected chi connectivity index (χ1v) is 14.6. The Morgan fingerprint density at radius 2 is 1.88 bits per heavy atom. The Labute approximate surface area is 250 Å². The van der Waals surface area contributed by atoms with Gasteiger partial charge in [0.25, 0.3) is 0 Å². The third-order valence-corrected chi connectivity index (χ3v) is 7.93. The Hall–Kier alpha value is -3.74. The Morgan fingerprint density at radius 3 is 2.56 bits per heavy atom. The van der Waals surface area contributed by atoms with Crippen LogP contribution < -0.4 is 14.2 Å². The summed E-state index contributed by atoms with van der Waals surface area (Å²) in [5.41, 5.74) is 1.64. The van der Waals surface area contributed by atoms with Gasteiger partial charge < -0.3 is 23.2 Å². The van der Waals surface area contributed by atoms with Crippen molar-refractivity contribution in [2.24, 2.45) is 0 Å². The van der Waals surface area contributed by atoms with Crippen molar-refractivity contribution >= 4 is 28.3 Å². The summed E-state index contributed by atoms with van der Waals surface area (Å²) in [6.45, 7) is 7.52. The molecule has 2 aromatic heterocycles. The fraction of sp³-hybridized carbons (Fsp3) is 0.355. The number of fused-ring (bicyclic) bond motifs is 1. The highest BCUT2D eigenvalue weighted by molar-refractivity contribution is 7.90. The number of halogens is 3. The molecule has 1 N–H and O–H groups in total. The lowest BCUT2D eigenvalue weighted by Crippen LogP contribution is -2.39. The molecule has 0 radical (unpaired) electrons. The number of hydrogen-bond acceptors (Lipinski definition) is 8. The summed E-state index contributed by atoms with van der Waals surface area (Å²) < 4.78 is 78.6. The van der Waals surface area contributed by atoms with Gasteiger partial charge >= 0.3 is 12.1 Å². The number of benzene rings is 2. The number of carbonyl (C=O) groups excluding carboxylic acids is 1. The number of rotatable bonds is 11. The zero-order chi connectivity index (χ0) is 31.4. The maximum atomic E-state index is 13.9. The van der Waals surface area contributed by atoms with E-state index in [-0.39, 0.29) is 37.1 Å². The van der Waals surface area contributed by atoms with Crippen molar-refractivity contribution in [3.05, 3.63) is 77.3 Å². The molecule has 0 amide bonds. The minimum absolute atomic E-state index is 0.0504. The average Bonchev–Trinajstić information content (AvgIpc) is 3.39. The second-order valence-corrected chi connectivity index (χ2v) is 12.7. The summed E-state index contributed by atoms with van der Waals surface area (Å²) in [6.07, 6.45) is -2.46. The minimum Gasteiger partial charge on any atom is -0.598 e. The van der Waals surface area contributed by atoms with Crippen molar-refractivity contribution < 1.29 is 41.1 Å². The van der Waals surface area contributed by atoms with Gasteiger partial charge in [-0.15, -0.1) is 4.72 Å². The summed E-state index contributed by atoms with van der Waals surface area (Å²) >= 11 is -1.34. The second kappa shape index (κ2) is 13.3. The molecule has 8 nitrogen and oxygen atoms in total. The van der Waals surface area contributed by atoms with Crippen LogP contribution in [0.2, 0.25) is 0 Å². The molecule has 0 fully saturated rings. The van der Waals surface area contributed by atoms with Gasteiger partial charge in [0.05, 0.1) is 32.4 Å². The zero-order valence-electron chi connectivity index (χ0n) is 24.5. The number of aromatic nitrogens is 1. The Kier molecular flexibility index (Phi) is 9.93. The number of nitrogens with one attached hydrogen (secondary N) is 1. The van der Waals surface area contributed by atoms with E-state index >= 15 is 0 Å². The van der Waals surface area contributed by atoms with Crippen LogP contribution in [0.25, 0.3) is 22.1 Å². The molecule has 0 aliphatic rings. The van der Waals surface area contributed by atoms with Crippen LogP contribution >= 0.6 is 0 Å². The van der Waals surface area contributed by atoms with Gasteiger partial charge in [0.15, 0.2) is 0 Å². The molecule has 0 aliphatic heterocycles. The molecule has 4 aromatic rings. The highest BCUT2D eigenvalue weighted by Crippen LogP contribution is 2.41. The molecule has 0 bridgehead atoms. The van der Waals surface area contributed by atoms with Crippen LogP contribution in [-0.2, 0) is 46.6 Å². The number of ether oxygens (including phenoxy) is 3. The van der Waals surface area contributed by atoms with E-state index in [9.17, 15) is 22.5 Å². The zero-order valence-corrected chi connectivity index (χ0v) is 25.3. The SMILES string of the molecule is CCOC(=O)Cc1ccc(OC)cc1OCc1cc(-c2ccnc(CN[S@+]([O-])C(C)(C)C)c2)c2occ(C(F)(F)F)c2c1. The summed E-state index contributed by atoms with van der Waals surface area (Å²) in [6, 6.07) is 11.4. The van der Waals surface area contributed by atoms with Gasteiger partial charge in [0.2, 0.25) is 0 Å². The number of hydrogen-bond donors (Lipinski definition) is 1. The fourth-order valence-corrected chi connectivity index (χ4v) is 5.00. The lowest BCUT2D eigenvalue weighted by atomic mass is 9.99. The van der Waals surface area contributed by atoms with Gasteiger partial charge in [0.1, 0.15) is 40.3 Å². The standard InChI is InChI=1S/C31H33F3N2O6S/c1-6-40-28(37)14-21-7-8-23(39-5)15-27(21)41-17-19-11-24(29-25(12-19)26(18-42-29)31(32,33)34)20-9-10-35-22(13-20)16-36-43(38)30(2,3)4/h7-13,15,18,36H,6,14,16-17H2,1-5H3/t43-/m1/s1. The fourth-order valence-electron chi connectivity index (χ4n) is 4.28. The molecule has 12 heteroatoms. The van der Waals surface area contributed by atoms with E-state index in [0.29, 0.717) is 45.7 Å². The number of alkyl halides is 3. The van der Waals surface area contributed by atoms with Crippen molar-refractivity contribution in [2.75, 3.05) is 13.7 Å². The topological polar surface area (TPSA) is 106 Å². The van der Waals surface area contributed by atoms with E-state index in [2.05, 4.69) is 9.71 Å². The molecule has 0 spiro atoms. The molecule has 0 saturated carbocycles. The van der Waals surface area contributed by atoms with Crippen molar-refractivity contribution in [2.45, 2.75) is 58.2 Å². The molecule has 0 unspecified atom stereocenters. The quantitative estimate of drug-likeness (QED) is 0.145. The predicted molar refractivity (Wildman–Crippen MR) is 157 cm³/mol. The van der Waals surface area contributed by atoms with Gasteiger partial charge in [-0.25, -0.2) is 0 Å². The largest absolute Gasteiger partial charge is 0.598 e. The Balaban J connectivity index is 1.71. The van der Waals surface area contributed by atoms with Crippen molar-refractivity contribution in [3.63, 3.8) is 0 Å². The molecule has 2 aromatic carbocycles. The van der Waals surface area contributed by atoms with E-state index in [0.717, 1.165) is 0 Å². The second-order valence-electron chi connectivity index (χ2n) is 10.6. The van der Waals surface area contributed by atoms with Gasteiger partial charge in [-0.05, 0) is 69.2 Å². The van der Waals surface area contributed by atoms with E-state index in [1.165, 1.54) is 19.4 Å². The third-order valence-electron chi connectivity index (χ3n) is 6.42. The lowest BCUT2D eigenvalue weighted by Gasteiger charge is -2.23. The molecule has 0 saturated heterocycles. The van der Waals surface area contributed by atoms with E-state index in [4.69, 9.17) is 18.6 Å². The molecular formula is C31H33F3N2O6S. The van der Waals surface area contributed by atoms with Crippen LogP contribution in [0.3, 0.4) is 0 Å². The van der Waals surface area contributed by atoms with Crippen LogP contribution in [-0.4, -0.2) is 34.0 Å². The van der Waals surface area contributed by atoms with Gasteiger partial charge in [0, 0.05) is 40.1 Å². The van der Waals surface area contributed by atoms with E-state index in [1.807, 2.05) is 20.8 Å². The predicted octanol–water partition coefficient (Wildman–Crippen LogP) is 6.76. The number of carbonyl (C=O) groups is 1. The van der Waals surface area contributed by atoms with Crippen molar-refractivity contribution in [3.8, 4) is 22.6 Å². The number of nitrogens with zero attached hydrogens (tertiary/aromatic N) is 1. The first-order valence-electron chi connectivity index (χ1n) is 13.5. The molecule has 0 aliphatic carbocycles. The number of pyridine rings is 1. The van der Waals surface area contributed by atoms with Crippen molar-refractivity contribution in [1.82, 2.24) is 9.71 Å².